The van der Waals surface area contributed by atoms with Gasteiger partial charge in [0.1, 0.15) is 5.58 Å². The second kappa shape index (κ2) is 4.95. The van der Waals surface area contributed by atoms with E-state index < -0.39 is 4.92 Å². The Labute approximate surface area is 131 Å². The van der Waals surface area contributed by atoms with Gasteiger partial charge in [-0.3, -0.25) is 14.9 Å². The van der Waals surface area contributed by atoms with Crippen molar-refractivity contribution in [2.24, 2.45) is 0 Å². The van der Waals surface area contributed by atoms with E-state index in [9.17, 15) is 14.9 Å². The predicted molar refractivity (Wildman–Crippen MR) is 84.7 cm³/mol. The molecule has 0 N–H and O–H groups in total. The zero-order valence-electron chi connectivity index (χ0n) is 12.1. The van der Waals surface area contributed by atoms with E-state index in [4.69, 9.17) is 4.42 Å². The van der Waals surface area contributed by atoms with Crippen LogP contribution in [0, 0.1) is 10.1 Å². The summed E-state index contributed by atoms with van der Waals surface area (Å²) in [6.07, 6.45) is 0.600. The van der Waals surface area contributed by atoms with Crippen molar-refractivity contribution in [2.75, 3.05) is 11.4 Å². The molecule has 0 fully saturated rings. The molecule has 1 aromatic heterocycles. The molecule has 2 aromatic carbocycles. The summed E-state index contributed by atoms with van der Waals surface area (Å²) >= 11 is 0. The first-order valence-corrected chi connectivity index (χ1v) is 7.21. The van der Waals surface area contributed by atoms with Crippen LogP contribution in [-0.2, 0) is 6.42 Å². The maximum absolute atomic E-state index is 12.7. The molecule has 0 saturated carbocycles. The van der Waals surface area contributed by atoms with E-state index in [1.54, 1.807) is 17.0 Å². The van der Waals surface area contributed by atoms with Crippen molar-refractivity contribution in [3.05, 3.63) is 70.0 Å². The summed E-state index contributed by atoms with van der Waals surface area (Å²) in [6, 6.07) is 13.7. The monoisotopic (exact) mass is 308 g/mol. The number of nitro groups is 1. The third-order valence-electron chi connectivity index (χ3n) is 4.05. The number of nitro benzene ring substituents is 1. The van der Waals surface area contributed by atoms with E-state index in [0.717, 1.165) is 10.9 Å². The van der Waals surface area contributed by atoms with Crippen molar-refractivity contribution in [1.82, 2.24) is 0 Å². The molecule has 23 heavy (non-hydrogen) atoms. The summed E-state index contributed by atoms with van der Waals surface area (Å²) in [7, 11) is 0. The number of carbonyl (C=O) groups is 1. The van der Waals surface area contributed by atoms with E-state index in [1.807, 2.05) is 24.3 Å². The molecular formula is C17H12N2O4. The highest BCUT2D eigenvalue weighted by molar-refractivity contribution is 6.07. The van der Waals surface area contributed by atoms with E-state index in [2.05, 4.69) is 0 Å². The van der Waals surface area contributed by atoms with Crippen molar-refractivity contribution >= 4 is 28.3 Å². The van der Waals surface area contributed by atoms with Gasteiger partial charge in [-0.05, 0) is 30.2 Å². The molecule has 0 atom stereocenters. The summed E-state index contributed by atoms with van der Waals surface area (Å²) in [5.74, 6) is 0.0474. The van der Waals surface area contributed by atoms with E-state index in [1.165, 1.54) is 12.1 Å². The number of non-ortho nitro benzene ring substituents is 1. The van der Waals surface area contributed by atoms with Gasteiger partial charge in [0.25, 0.3) is 11.6 Å². The van der Waals surface area contributed by atoms with Gasteiger partial charge in [-0.1, -0.05) is 18.2 Å². The van der Waals surface area contributed by atoms with Gasteiger partial charge in [0, 0.05) is 29.8 Å². The Bertz CT molecular complexity index is 912. The molecule has 1 aliphatic heterocycles. The average Bonchev–Trinajstić information content (AvgIpc) is 3.17. The minimum Gasteiger partial charge on any atom is -0.451 e. The highest BCUT2D eigenvalue weighted by Crippen LogP contribution is 2.33. The molecule has 0 bridgehead atoms. The molecule has 0 spiro atoms. The van der Waals surface area contributed by atoms with Crippen molar-refractivity contribution in [3.63, 3.8) is 0 Å². The predicted octanol–water partition coefficient (Wildman–Crippen LogP) is 3.54. The first-order valence-electron chi connectivity index (χ1n) is 7.21. The molecule has 3 aromatic rings. The summed E-state index contributed by atoms with van der Waals surface area (Å²) in [6.45, 7) is 0.492. The largest absolute Gasteiger partial charge is 0.451 e. The Hall–Kier alpha value is -3.15. The van der Waals surface area contributed by atoms with Crippen LogP contribution in [-0.4, -0.2) is 17.4 Å². The molecule has 1 amide bonds. The van der Waals surface area contributed by atoms with Crippen LogP contribution in [0.15, 0.2) is 52.9 Å². The Morgan fingerprint density at radius 3 is 2.78 bits per heavy atom. The maximum atomic E-state index is 12.7. The van der Waals surface area contributed by atoms with Gasteiger partial charge in [0.2, 0.25) is 0 Å². The molecule has 0 saturated heterocycles. The van der Waals surface area contributed by atoms with Crippen molar-refractivity contribution in [2.45, 2.75) is 6.42 Å². The normalized spacial score (nSPS) is 13.3. The summed E-state index contributed by atoms with van der Waals surface area (Å²) in [4.78, 5) is 24.7. The lowest BCUT2D eigenvalue weighted by Gasteiger charge is -2.15. The smallest absolute Gasteiger partial charge is 0.294 e. The van der Waals surface area contributed by atoms with Crippen LogP contribution < -0.4 is 4.90 Å². The third-order valence-corrected chi connectivity index (χ3v) is 4.05. The number of rotatable bonds is 2. The van der Waals surface area contributed by atoms with E-state index in [0.29, 0.717) is 24.2 Å². The van der Waals surface area contributed by atoms with Gasteiger partial charge in [-0.25, -0.2) is 0 Å². The molecule has 0 unspecified atom stereocenters. The minimum atomic E-state index is -0.427. The lowest BCUT2D eigenvalue weighted by Crippen LogP contribution is -2.28. The second-order valence-corrected chi connectivity index (χ2v) is 5.43. The fraction of sp³-hybridized carbons (Fsp3) is 0.118. The summed E-state index contributed by atoms with van der Waals surface area (Å²) in [5, 5.41) is 11.7. The fourth-order valence-corrected chi connectivity index (χ4v) is 2.93. The maximum Gasteiger partial charge on any atom is 0.294 e. The van der Waals surface area contributed by atoms with Crippen LogP contribution in [0.2, 0.25) is 0 Å². The Morgan fingerprint density at radius 1 is 1.17 bits per heavy atom. The van der Waals surface area contributed by atoms with Crippen molar-refractivity contribution in [3.8, 4) is 0 Å². The first kappa shape index (κ1) is 13.5. The van der Waals surface area contributed by atoms with Crippen LogP contribution in [0.25, 0.3) is 11.0 Å². The van der Waals surface area contributed by atoms with Gasteiger partial charge in [-0.2, -0.15) is 0 Å². The van der Waals surface area contributed by atoms with Crippen molar-refractivity contribution < 1.29 is 14.1 Å². The van der Waals surface area contributed by atoms with Crippen LogP contribution >= 0.6 is 0 Å². The number of fused-ring (bicyclic) bond motifs is 2. The highest BCUT2D eigenvalue weighted by Gasteiger charge is 2.29. The molecule has 0 radical (unpaired) electrons. The Morgan fingerprint density at radius 2 is 2.00 bits per heavy atom. The molecule has 4 rings (SSSR count). The third kappa shape index (κ3) is 2.15. The number of nitrogens with zero attached hydrogens (tertiary/aromatic N) is 2. The highest BCUT2D eigenvalue weighted by atomic mass is 16.6. The van der Waals surface area contributed by atoms with Gasteiger partial charge >= 0.3 is 0 Å². The first-order chi connectivity index (χ1) is 11.1. The quantitative estimate of drug-likeness (QED) is 0.536. The van der Waals surface area contributed by atoms with E-state index in [-0.39, 0.29) is 17.4 Å². The van der Waals surface area contributed by atoms with Crippen molar-refractivity contribution in [1.29, 1.82) is 0 Å². The molecule has 6 nitrogen and oxygen atoms in total. The lowest BCUT2D eigenvalue weighted by atomic mass is 10.1. The van der Waals surface area contributed by atoms with Gasteiger partial charge < -0.3 is 9.32 Å². The number of hydrogen-bond donors (Lipinski definition) is 0. The van der Waals surface area contributed by atoms with Crippen LogP contribution in [0.5, 0.6) is 0 Å². The number of anilines is 1. The average molecular weight is 308 g/mol. The van der Waals surface area contributed by atoms with Gasteiger partial charge in [0.05, 0.1) is 4.92 Å². The topological polar surface area (TPSA) is 76.6 Å². The number of carbonyl (C=O) groups excluding carboxylic acids is 1. The van der Waals surface area contributed by atoms with Gasteiger partial charge in [-0.15, -0.1) is 0 Å². The molecule has 114 valence electrons. The number of hydrogen-bond acceptors (Lipinski definition) is 4. The lowest BCUT2D eigenvalue weighted by molar-refractivity contribution is -0.384. The molecule has 1 aliphatic rings. The second-order valence-electron chi connectivity index (χ2n) is 5.43. The zero-order valence-corrected chi connectivity index (χ0v) is 12.1. The van der Waals surface area contributed by atoms with E-state index >= 15 is 0 Å². The Kier molecular flexibility index (Phi) is 2.90. The molecule has 6 heteroatoms. The standard InChI is InChI=1S/C17H12N2O4/c20-17(16-10-12-3-1-2-4-15(12)23-16)18-8-7-11-9-13(19(21)22)5-6-14(11)18/h1-6,9-10H,7-8H2. The fourth-order valence-electron chi connectivity index (χ4n) is 2.93. The minimum absolute atomic E-state index is 0.0433. The van der Waals surface area contributed by atoms with Gasteiger partial charge in [0.15, 0.2) is 5.76 Å². The SMILES string of the molecule is O=C(c1cc2ccccc2o1)N1CCc2cc([N+](=O)[O-])ccc21. The molecular weight excluding hydrogens is 296 g/mol. The number of amides is 1. The Balaban J connectivity index is 1.70. The number of para-hydroxylation sites is 1. The van der Waals surface area contributed by atoms with Crippen LogP contribution in [0.1, 0.15) is 16.1 Å². The zero-order chi connectivity index (χ0) is 16.0. The summed E-state index contributed by atoms with van der Waals surface area (Å²) in [5.41, 5.74) is 2.23. The number of furan rings is 1. The molecule has 0 aliphatic carbocycles. The van der Waals surface area contributed by atoms with Crippen LogP contribution in [0.3, 0.4) is 0 Å². The number of benzene rings is 2. The summed E-state index contributed by atoms with van der Waals surface area (Å²) < 4.78 is 5.62. The molecule has 2 heterocycles. The van der Waals surface area contributed by atoms with Crippen LogP contribution in [0.4, 0.5) is 11.4 Å².